The minimum absolute atomic E-state index is 0.0384. The van der Waals surface area contributed by atoms with E-state index in [4.69, 9.17) is 21.6 Å². The van der Waals surface area contributed by atoms with Crippen molar-refractivity contribution in [3.05, 3.63) is 106 Å². The number of hydrogen-bond acceptors (Lipinski definition) is 3. The second-order valence-corrected chi connectivity index (χ2v) is 8.47. The molecule has 0 saturated heterocycles. The number of aromatic nitrogens is 2. The molecule has 1 aliphatic rings. The van der Waals surface area contributed by atoms with Gasteiger partial charge >= 0.3 is 0 Å². The number of carbonyl (C=O) groups is 1. The van der Waals surface area contributed by atoms with Crippen LogP contribution in [0.2, 0.25) is 5.02 Å². The molecule has 0 spiro atoms. The van der Waals surface area contributed by atoms with Crippen molar-refractivity contribution in [2.24, 2.45) is 0 Å². The van der Waals surface area contributed by atoms with E-state index in [-0.39, 0.29) is 5.91 Å². The van der Waals surface area contributed by atoms with E-state index in [2.05, 4.69) is 12.1 Å². The summed E-state index contributed by atoms with van der Waals surface area (Å²) in [5, 5.41) is 0.681. The molecule has 0 atom stereocenters. The number of amides is 1. The highest BCUT2D eigenvalue weighted by molar-refractivity contribution is 6.30. The molecule has 5 rings (SSSR count). The van der Waals surface area contributed by atoms with E-state index in [9.17, 15) is 4.79 Å². The number of rotatable bonds is 3. The van der Waals surface area contributed by atoms with Crippen molar-refractivity contribution in [2.45, 2.75) is 19.9 Å². The first kappa shape index (κ1) is 20.4. The topological polar surface area (TPSA) is 46.1 Å². The minimum Gasteiger partial charge on any atom is -0.334 e. The Hall–Kier alpha value is -3.50. The smallest absolute Gasteiger partial charge is 0.254 e. The molecular formula is C27H22ClN3O. The van der Waals surface area contributed by atoms with Crippen molar-refractivity contribution in [2.75, 3.05) is 6.54 Å². The average Bonchev–Trinajstić information content (AvgIpc) is 2.84. The molecule has 0 N–H and O–H groups in total. The number of hydrogen-bond donors (Lipinski definition) is 0. The molecule has 0 radical (unpaired) electrons. The highest BCUT2D eigenvalue weighted by atomic mass is 35.5. The van der Waals surface area contributed by atoms with Gasteiger partial charge in [0, 0.05) is 46.8 Å². The SMILES string of the molecule is Cc1ccc(C(=O)N2CCc3nc(-c4ccc(Cl)cc4)nc(-c4ccccc4)c3C2)cc1. The maximum atomic E-state index is 13.2. The third-order valence-corrected chi connectivity index (χ3v) is 6.05. The van der Waals surface area contributed by atoms with Gasteiger partial charge in [0.25, 0.3) is 5.91 Å². The van der Waals surface area contributed by atoms with E-state index in [0.717, 1.165) is 33.6 Å². The van der Waals surface area contributed by atoms with Gasteiger partial charge in [0.15, 0.2) is 5.82 Å². The van der Waals surface area contributed by atoms with Crippen LogP contribution >= 0.6 is 11.6 Å². The van der Waals surface area contributed by atoms with E-state index in [1.807, 2.05) is 78.6 Å². The van der Waals surface area contributed by atoms with E-state index in [0.29, 0.717) is 35.9 Å². The van der Waals surface area contributed by atoms with E-state index in [1.54, 1.807) is 0 Å². The molecule has 4 nitrogen and oxygen atoms in total. The molecule has 1 amide bonds. The van der Waals surface area contributed by atoms with Crippen LogP contribution in [0.25, 0.3) is 22.6 Å². The standard InChI is InChI=1S/C27H22ClN3O/c1-18-7-9-21(10-8-18)27(32)31-16-15-24-23(17-31)25(19-5-3-2-4-6-19)30-26(29-24)20-11-13-22(28)14-12-20/h2-14H,15-17H2,1H3. The molecular weight excluding hydrogens is 418 g/mol. The van der Waals surface area contributed by atoms with Crippen LogP contribution in [0, 0.1) is 6.92 Å². The number of halogens is 1. The maximum Gasteiger partial charge on any atom is 0.254 e. The first-order valence-electron chi connectivity index (χ1n) is 10.7. The summed E-state index contributed by atoms with van der Waals surface area (Å²) < 4.78 is 0. The van der Waals surface area contributed by atoms with E-state index >= 15 is 0 Å². The molecule has 1 aromatic heterocycles. The van der Waals surface area contributed by atoms with Crippen LogP contribution in [0.5, 0.6) is 0 Å². The zero-order chi connectivity index (χ0) is 22.1. The maximum absolute atomic E-state index is 13.2. The largest absolute Gasteiger partial charge is 0.334 e. The van der Waals surface area contributed by atoms with Crippen LogP contribution in [0.4, 0.5) is 0 Å². The minimum atomic E-state index is 0.0384. The fourth-order valence-corrected chi connectivity index (χ4v) is 4.15. The first-order valence-corrected chi connectivity index (χ1v) is 11.0. The van der Waals surface area contributed by atoms with E-state index in [1.165, 1.54) is 0 Å². The Morgan fingerprint density at radius 1 is 0.875 bits per heavy atom. The van der Waals surface area contributed by atoms with Gasteiger partial charge in [0.05, 0.1) is 11.4 Å². The normalized spacial score (nSPS) is 13.0. The molecule has 0 aliphatic carbocycles. The van der Waals surface area contributed by atoms with Gasteiger partial charge in [-0.1, -0.05) is 59.6 Å². The summed E-state index contributed by atoms with van der Waals surface area (Å²) in [6, 6.07) is 25.4. The lowest BCUT2D eigenvalue weighted by atomic mass is 9.98. The Labute approximate surface area is 192 Å². The molecule has 5 heteroatoms. The summed E-state index contributed by atoms with van der Waals surface area (Å²) in [6.07, 6.45) is 0.690. The van der Waals surface area contributed by atoms with Crippen LogP contribution in [0.1, 0.15) is 27.2 Å². The van der Waals surface area contributed by atoms with Gasteiger partial charge in [-0.25, -0.2) is 9.97 Å². The Morgan fingerprint density at radius 3 is 2.31 bits per heavy atom. The lowest BCUT2D eigenvalue weighted by Gasteiger charge is -2.30. The fraction of sp³-hybridized carbons (Fsp3) is 0.148. The molecule has 0 saturated carbocycles. The average molecular weight is 440 g/mol. The van der Waals surface area contributed by atoms with Crippen LogP contribution in [-0.2, 0) is 13.0 Å². The molecule has 4 aromatic rings. The van der Waals surface area contributed by atoms with Crippen LogP contribution in [0.3, 0.4) is 0 Å². The second kappa shape index (κ2) is 8.56. The van der Waals surface area contributed by atoms with Crippen LogP contribution < -0.4 is 0 Å². The predicted octanol–water partition coefficient (Wildman–Crippen LogP) is 5.97. The van der Waals surface area contributed by atoms with Gasteiger partial charge in [-0.3, -0.25) is 4.79 Å². The van der Waals surface area contributed by atoms with Crippen molar-refractivity contribution < 1.29 is 4.79 Å². The molecule has 3 aromatic carbocycles. The summed E-state index contributed by atoms with van der Waals surface area (Å²) >= 11 is 6.07. The number of fused-ring (bicyclic) bond motifs is 1. The van der Waals surface area contributed by atoms with Crippen molar-refractivity contribution >= 4 is 17.5 Å². The zero-order valence-corrected chi connectivity index (χ0v) is 18.5. The Bertz CT molecular complexity index is 1270. The third-order valence-electron chi connectivity index (χ3n) is 5.80. The first-order chi connectivity index (χ1) is 15.6. The molecule has 1 aliphatic heterocycles. The van der Waals surface area contributed by atoms with E-state index < -0.39 is 0 Å². The molecule has 2 heterocycles. The summed E-state index contributed by atoms with van der Waals surface area (Å²) in [5.41, 5.74) is 6.68. The quantitative estimate of drug-likeness (QED) is 0.395. The van der Waals surface area contributed by atoms with Gasteiger partial charge in [-0.15, -0.1) is 0 Å². The Kier molecular flexibility index (Phi) is 5.46. The Morgan fingerprint density at radius 2 is 1.59 bits per heavy atom. The summed E-state index contributed by atoms with van der Waals surface area (Å²) in [4.78, 5) is 24.9. The van der Waals surface area contributed by atoms with Gasteiger partial charge in [-0.05, 0) is 43.3 Å². The van der Waals surface area contributed by atoms with Crippen molar-refractivity contribution in [1.29, 1.82) is 0 Å². The van der Waals surface area contributed by atoms with Gasteiger partial charge in [-0.2, -0.15) is 0 Å². The molecule has 32 heavy (non-hydrogen) atoms. The molecule has 158 valence electrons. The summed E-state index contributed by atoms with van der Waals surface area (Å²) in [6.45, 7) is 3.14. The highest BCUT2D eigenvalue weighted by Crippen LogP contribution is 2.31. The highest BCUT2D eigenvalue weighted by Gasteiger charge is 2.27. The lowest BCUT2D eigenvalue weighted by Crippen LogP contribution is -2.37. The monoisotopic (exact) mass is 439 g/mol. The summed E-state index contributed by atoms with van der Waals surface area (Å²) in [5.74, 6) is 0.717. The lowest BCUT2D eigenvalue weighted by molar-refractivity contribution is 0.0733. The van der Waals surface area contributed by atoms with Gasteiger partial charge in [0.2, 0.25) is 0 Å². The van der Waals surface area contributed by atoms with Crippen molar-refractivity contribution in [3.63, 3.8) is 0 Å². The number of aryl methyl sites for hydroxylation is 1. The van der Waals surface area contributed by atoms with Crippen molar-refractivity contribution in [3.8, 4) is 22.6 Å². The number of carbonyl (C=O) groups excluding carboxylic acids is 1. The van der Waals surface area contributed by atoms with Crippen LogP contribution in [0.15, 0.2) is 78.9 Å². The zero-order valence-electron chi connectivity index (χ0n) is 17.8. The fourth-order valence-electron chi connectivity index (χ4n) is 4.03. The third kappa shape index (κ3) is 4.02. The molecule has 0 fully saturated rings. The predicted molar refractivity (Wildman–Crippen MR) is 128 cm³/mol. The Balaban J connectivity index is 1.56. The van der Waals surface area contributed by atoms with Gasteiger partial charge in [0.1, 0.15) is 0 Å². The number of nitrogens with zero attached hydrogens (tertiary/aromatic N) is 3. The number of benzene rings is 3. The van der Waals surface area contributed by atoms with Gasteiger partial charge < -0.3 is 4.90 Å². The van der Waals surface area contributed by atoms with Crippen LogP contribution in [-0.4, -0.2) is 27.3 Å². The molecule has 0 bridgehead atoms. The second-order valence-electron chi connectivity index (χ2n) is 8.04. The summed E-state index contributed by atoms with van der Waals surface area (Å²) in [7, 11) is 0. The van der Waals surface area contributed by atoms with Crippen molar-refractivity contribution in [1.82, 2.24) is 14.9 Å². The molecule has 0 unspecified atom stereocenters.